The molecule has 2 atom stereocenters. The zero-order valence-corrected chi connectivity index (χ0v) is 9.28. The van der Waals surface area contributed by atoms with Crippen LogP contribution in [0, 0.1) is 5.92 Å². The molecule has 1 N–H and O–H groups in total. The molecule has 0 saturated carbocycles. The monoisotopic (exact) mass is 197 g/mol. The predicted octanol–water partition coefficient (Wildman–Crippen LogP) is 2.21. The van der Waals surface area contributed by atoms with Gasteiger partial charge in [-0.3, -0.25) is 0 Å². The Morgan fingerprint density at radius 3 is 2.50 bits per heavy atom. The highest BCUT2D eigenvalue weighted by molar-refractivity contribution is 5.06. The summed E-state index contributed by atoms with van der Waals surface area (Å²) in [7, 11) is 3.65. The van der Waals surface area contributed by atoms with E-state index in [-0.39, 0.29) is 12.1 Å². The Kier molecular flexibility index (Phi) is 4.17. The van der Waals surface area contributed by atoms with Crippen molar-refractivity contribution in [3.05, 3.63) is 24.2 Å². The predicted molar refractivity (Wildman–Crippen MR) is 56.1 cm³/mol. The summed E-state index contributed by atoms with van der Waals surface area (Å²) in [6.07, 6.45) is 1.82. The van der Waals surface area contributed by atoms with E-state index in [9.17, 15) is 0 Å². The van der Waals surface area contributed by atoms with Crippen LogP contribution in [-0.2, 0) is 4.74 Å². The van der Waals surface area contributed by atoms with Crippen molar-refractivity contribution in [2.45, 2.75) is 26.0 Å². The van der Waals surface area contributed by atoms with Gasteiger partial charge in [0.1, 0.15) is 5.76 Å². The fourth-order valence-corrected chi connectivity index (χ4v) is 1.73. The number of likely N-dealkylation sites (N-methyl/N-ethyl adjacent to an activating group) is 1. The summed E-state index contributed by atoms with van der Waals surface area (Å²) >= 11 is 0. The molecule has 3 nitrogen and oxygen atoms in total. The molecule has 0 radical (unpaired) electrons. The van der Waals surface area contributed by atoms with Crippen LogP contribution >= 0.6 is 0 Å². The van der Waals surface area contributed by atoms with Gasteiger partial charge in [0.25, 0.3) is 0 Å². The number of ether oxygens (including phenoxy) is 1. The van der Waals surface area contributed by atoms with Crippen LogP contribution in [0.15, 0.2) is 22.8 Å². The average molecular weight is 197 g/mol. The van der Waals surface area contributed by atoms with E-state index in [0.29, 0.717) is 5.92 Å². The largest absolute Gasteiger partial charge is 0.468 e. The fourth-order valence-electron chi connectivity index (χ4n) is 1.73. The number of furan rings is 1. The molecule has 0 aromatic carbocycles. The van der Waals surface area contributed by atoms with Crippen LogP contribution < -0.4 is 5.32 Å². The summed E-state index contributed by atoms with van der Waals surface area (Å²) in [5.41, 5.74) is 0. The molecule has 2 unspecified atom stereocenters. The highest BCUT2D eigenvalue weighted by atomic mass is 16.5. The van der Waals surface area contributed by atoms with Crippen molar-refractivity contribution in [1.82, 2.24) is 5.32 Å². The van der Waals surface area contributed by atoms with Gasteiger partial charge in [-0.25, -0.2) is 0 Å². The summed E-state index contributed by atoms with van der Waals surface area (Å²) in [5.74, 6) is 1.37. The number of methoxy groups -OCH3 is 1. The standard InChI is InChI=1S/C11H19NO2/c1-8(2)11(13-4)10(12-3)9-6-5-7-14-9/h5-8,10-12H,1-4H3. The molecule has 1 aromatic heterocycles. The maximum atomic E-state index is 5.47. The van der Waals surface area contributed by atoms with Gasteiger partial charge in [0, 0.05) is 7.11 Å². The van der Waals surface area contributed by atoms with Crippen LogP contribution in [0.5, 0.6) is 0 Å². The third kappa shape index (κ3) is 2.36. The molecule has 0 fully saturated rings. The molecular formula is C11H19NO2. The topological polar surface area (TPSA) is 34.4 Å². The Morgan fingerprint density at radius 1 is 1.43 bits per heavy atom. The summed E-state index contributed by atoms with van der Waals surface area (Å²) < 4.78 is 10.8. The van der Waals surface area contributed by atoms with E-state index >= 15 is 0 Å². The maximum absolute atomic E-state index is 5.47. The first kappa shape index (κ1) is 11.3. The smallest absolute Gasteiger partial charge is 0.123 e. The second-order valence-corrected chi connectivity index (χ2v) is 3.73. The van der Waals surface area contributed by atoms with Crippen molar-refractivity contribution < 1.29 is 9.15 Å². The van der Waals surface area contributed by atoms with E-state index in [1.807, 2.05) is 19.2 Å². The van der Waals surface area contributed by atoms with Crippen molar-refractivity contribution in [3.63, 3.8) is 0 Å². The van der Waals surface area contributed by atoms with E-state index in [1.165, 1.54) is 0 Å². The van der Waals surface area contributed by atoms with Crippen molar-refractivity contribution in [3.8, 4) is 0 Å². The summed E-state index contributed by atoms with van der Waals surface area (Å²) in [6, 6.07) is 3.98. The number of hydrogen-bond acceptors (Lipinski definition) is 3. The molecule has 0 aliphatic heterocycles. The summed E-state index contributed by atoms with van der Waals surface area (Å²) in [6.45, 7) is 4.28. The van der Waals surface area contributed by atoms with Crippen LogP contribution in [0.4, 0.5) is 0 Å². The Morgan fingerprint density at radius 2 is 2.14 bits per heavy atom. The second kappa shape index (κ2) is 5.17. The highest BCUT2D eigenvalue weighted by Gasteiger charge is 2.26. The minimum Gasteiger partial charge on any atom is -0.468 e. The van der Waals surface area contributed by atoms with Gasteiger partial charge in [0.2, 0.25) is 0 Å². The zero-order chi connectivity index (χ0) is 10.6. The van der Waals surface area contributed by atoms with Gasteiger partial charge >= 0.3 is 0 Å². The SMILES string of the molecule is CNC(c1ccco1)C(OC)C(C)C. The van der Waals surface area contributed by atoms with Crippen LogP contribution in [-0.4, -0.2) is 20.3 Å². The number of nitrogens with one attached hydrogen (secondary N) is 1. The van der Waals surface area contributed by atoms with Crippen LogP contribution in [0.3, 0.4) is 0 Å². The van der Waals surface area contributed by atoms with E-state index in [2.05, 4.69) is 19.2 Å². The van der Waals surface area contributed by atoms with Crippen LogP contribution in [0.1, 0.15) is 25.6 Å². The van der Waals surface area contributed by atoms with E-state index in [4.69, 9.17) is 9.15 Å². The molecule has 14 heavy (non-hydrogen) atoms. The molecule has 0 saturated heterocycles. The Labute approximate surface area is 85.4 Å². The van der Waals surface area contributed by atoms with E-state index < -0.39 is 0 Å². The van der Waals surface area contributed by atoms with Crippen LogP contribution in [0.25, 0.3) is 0 Å². The molecule has 0 aliphatic carbocycles. The molecule has 0 spiro atoms. The summed E-state index contributed by atoms with van der Waals surface area (Å²) in [5, 5.41) is 3.22. The molecular weight excluding hydrogens is 178 g/mol. The van der Waals surface area contributed by atoms with Gasteiger partial charge in [0.15, 0.2) is 0 Å². The zero-order valence-electron chi connectivity index (χ0n) is 9.28. The highest BCUT2D eigenvalue weighted by Crippen LogP contribution is 2.24. The second-order valence-electron chi connectivity index (χ2n) is 3.73. The first-order valence-electron chi connectivity index (χ1n) is 4.94. The minimum absolute atomic E-state index is 0.120. The van der Waals surface area contributed by atoms with Crippen molar-refractivity contribution >= 4 is 0 Å². The molecule has 1 heterocycles. The van der Waals surface area contributed by atoms with Crippen LogP contribution in [0.2, 0.25) is 0 Å². The molecule has 1 aromatic rings. The minimum atomic E-state index is 0.120. The van der Waals surface area contributed by atoms with Gasteiger partial charge in [-0.1, -0.05) is 13.8 Å². The lowest BCUT2D eigenvalue weighted by molar-refractivity contribution is 0.0287. The lowest BCUT2D eigenvalue weighted by atomic mass is 9.98. The van der Waals surface area contributed by atoms with Crippen molar-refractivity contribution in [1.29, 1.82) is 0 Å². The quantitative estimate of drug-likeness (QED) is 0.786. The molecule has 1 rings (SSSR count). The van der Waals surface area contributed by atoms with Gasteiger partial charge < -0.3 is 14.5 Å². The average Bonchev–Trinajstić information content (AvgIpc) is 2.65. The molecule has 80 valence electrons. The molecule has 0 bridgehead atoms. The molecule has 0 aliphatic rings. The Hall–Kier alpha value is -0.800. The number of rotatable bonds is 5. The molecule has 0 amide bonds. The number of hydrogen-bond donors (Lipinski definition) is 1. The third-order valence-corrected chi connectivity index (χ3v) is 2.42. The summed E-state index contributed by atoms with van der Waals surface area (Å²) in [4.78, 5) is 0. The maximum Gasteiger partial charge on any atom is 0.123 e. The fraction of sp³-hybridized carbons (Fsp3) is 0.636. The van der Waals surface area contributed by atoms with E-state index in [0.717, 1.165) is 5.76 Å². The van der Waals surface area contributed by atoms with Crippen molar-refractivity contribution in [2.24, 2.45) is 5.92 Å². The lowest BCUT2D eigenvalue weighted by Gasteiger charge is -2.27. The van der Waals surface area contributed by atoms with E-state index in [1.54, 1.807) is 13.4 Å². The van der Waals surface area contributed by atoms with Gasteiger partial charge in [-0.05, 0) is 25.1 Å². The first-order chi connectivity index (χ1) is 6.70. The van der Waals surface area contributed by atoms with Gasteiger partial charge in [-0.15, -0.1) is 0 Å². The van der Waals surface area contributed by atoms with Crippen molar-refractivity contribution in [2.75, 3.05) is 14.2 Å². The lowest BCUT2D eigenvalue weighted by Crippen LogP contribution is -2.34. The Balaban J connectivity index is 2.79. The normalized spacial score (nSPS) is 15.8. The van der Waals surface area contributed by atoms with Gasteiger partial charge in [0.05, 0.1) is 18.4 Å². The molecule has 3 heteroatoms. The van der Waals surface area contributed by atoms with Gasteiger partial charge in [-0.2, -0.15) is 0 Å². The first-order valence-corrected chi connectivity index (χ1v) is 4.94. The Bertz CT molecular complexity index is 244. The third-order valence-electron chi connectivity index (χ3n) is 2.42.